The fourth-order valence-corrected chi connectivity index (χ4v) is 10.5. The van der Waals surface area contributed by atoms with Gasteiger partial charge in [0.05, 0.1) is 6.04 Å². The van der Waals surface area contributed by atoms with E-state index in [-0.39, 0.29) is 6.17 Å². The van der Waals surface area contributed by atoms with E-state index in [1.807, 2.05) is 24.3 Å². The maximum atomic E-state index is 6.42. The summed E-state index contributed by atoms with van der Waals surface area (Å²) in [4.78, 5) is 7.82. The molecule has 0 bridgehead atoms. The van der Waals surface area contributed by atoms with Crippen molar-refractivity contribution in [2.75, 3.05) is 4.90 Å². The molecule has 1 N–H and O–H groups in total. The van der Waals surface area contributed by atoms with Crippen LogP contribution in [0.2, 0.25) is 0 Å². The van der Waals surface area contributed by atoms with Gasteiger partial charge in [-0.15, -0.1) is 0 Å². The smallest absolute Gasteiger partial charge is 0.136 e. The van der Waals surface area contributed by atoms with Crippen LogP contribution in [-0.4, -0.2) is 11.9 Å². The first-order valence-corrected chi connectivity index (χ1v) is 21.9. The molecule has 4 atom stereocenters. The van der Waals surface area contributed by atoms with Crippen LogP contribution in [0.25, 0.3) is 71.4 Å². The van der Waals surface area contributed by atoms with Crippen LogP contribution in [-0.2, 0) is 0 Å². The van der Waals surface area contributed by atoms with E-state index in [0.29, 0.717) is 17.8 Å². The van der Waals surface area contributed by atoms with Crippen LogP contribution < -0.4 is 10.2 Å². The van der Waals surface area contributed by atoms with Gasteiger partial charge in [-0.1, -0.05) is 139 Å². The molecule has 63 heavy (non-hydrogen) atoms. The van der Waals surface area contributed by atoms with E-state index in [1.54, 1.807) is 0 Å². The summed E-state index contributed by atoms with van der Waals surface area (Å²) in [6.07, 6.45) is 6.30. The second kappa shape index (κ2) is 14.5. The monoisotopic (exact) mass is 813 g/mol. The summed E-state index contributed by atoms with van der Waals surface area (Å²) in [5.74, 6) is 1.22. The highest BCUT2D eigenvalue weighted by Crippen LogP contribution is 2.49. The van der Waals surface area contributed by atoms with Crippen LogP contribution in [0.1, 0.15) is 53.3 Å². The maximum Gasteiger partial charge on any atom is 0.136 e. The number of hydrogen-bond donors (Lipinski definition) is 1. The molecule has 4 unspecified atom stereocenters. The van der Waals surface area contributed by atoms with Crippen molar-refractivity contribution in [3.05, 3.63) is 222 Å². The van der Waals surface area contributed by atoms with Crippen molar-refractivity contribution in [1.29, 1.82) is 0 Å². The van der Waals surface area contributed by atoms with Crippen molar-refractivity contribution in [3.63, 3.8) is 0 Å². The molecular weight excluding hydrogens is 773 g/mol. The second-order valence-electron chi connectivity index (χ2n) is 16.9. The number of amidine groups is 1. The number of aliphatic imine (C=N–C) groups is 1. The molecule has 0 spiro atoms. The molecule has 4 heterocycles. The number of nitrogens with zero attached hydrogens (tertiary/aromatic N) is 3. The SMILES string of the molecule is C1=CC2C(CC1)c1ccccc1N2c1ccc(C2=NC(c3ccccc3)NC(c3cc(-c4cccc5oc6ccccc6c45)cc(-c4cccc5oc6ccccc6c45)c3)[N-]2)cc1. The molecule has 2 aromatic heterocycles. The number of para-hydroxylation sites is 3. The van der Waals surface area contributed by atoms with E-state index in [2.05, 4.69) is 180 Å². The Labute approximate surface area is 364 Å². The fraction of sp³-hybridized carbons (Fsp3) is 0.105. The van der Waals surface area contributed by atoms with Gasteiger partial charge in [-0.2, -0.15) is 0 Å². The van der Waals surface area contributed by atoms with E-state index >= 15 is 0 Å². The largest absolute Gasteiger partial charge is 0.456 e. The van der Waals surface area contributed by atoms with Crippen LogP contribution in [0.15, 0.2) is 208 Å². The number of fused-ring (bicyclic) bond motifs is 9. The number of hydrogen-bond acceptors (Lipinski definition) is 5. The van der Waals surface area contributed by atoms with E-state index in [4.69, 9.17) is 19.1 Å². The van der Waals surface area contributed by atoms with Crippen LogP contribution in [0.4, 0.5) is 11.4 Å². The Hall–Kier alpha value is -7.67. The molecule has 0 radical (unpaired) electrons. The van der Waals surface area contributed by atoms with Gasteiger partial charge in [-0.3, -0.25) is 0 Å². The third kappa shape index (κ3) is 5.93. The molecule has 0 fully saturated rings. The van der Waals surface area contributed by atoms with E-state index in [0.717, 1.165) is 89.2 Å². The van der Waals surface area contributed by atoms with E-state index in [9.17, 15) is 0 Å². The lowest BCUT2D eigenvalue weighted by molar-refractivity contribution is 0.488. The highest BCUT2D eigenvalue weighted by molar-refractivity contribution is 6.15. The average molecular weight is 814 g/mol. The van der Waals surface area contributed by atoms with Crippen molar-refractivity contribution in [1.82, 2.24) is 5.32 Å². The van der Waals surface area contributed by atoms with Gasteiger partial charge < -0.3 is 29.4 Å². The zero-order valence-electron chi connectivity index (χ0n) is 34.4. The topological polar surface area (TPSA) is 68.0 Å². The van der Waals surface area contributed by atoms with Crippen LogP contribution in [0.3, 0.4) is 0 Å². The van der Waals surface area contributed by atoms with Crippen molar-refractivity contribution in [3.8, 4) is 22.3 Å². The average Bonchev–Trinajstić information content (AvgIpc) is 4.04. The van der Waals surface area contributed by atoms with Crippen molar-refractivity contribution < 1.29 is 8.83 Å². The Bertz CT molecular complexity index is 3320. The number of benzene rings is 8. The van der Waals surface area contributed by atoms with Gasteiger partial charge in [0.15, 0.2) is 0 Å². The Morgan fingerprint density at radius 3 is 1.87 bits per heavy atom. The van der Waals surface area contributed by atoms with E-state index < -0.39 is 6.17 Å². The van der Waals surface area contributed by atoms with Gasteiger partial charge in [-0.05, 0) is 118 Å². The molecule has 6 heteroatoms. The van der Waals surface area contributed by atoms with E-state index in [1.165, 1.54) is 23.4 Å². The predicted molar refractivity (Wildman–Crippen MR) is 257 cm³/mol. The molecule has 3 aliphatic rings. The normalized spacial score (nSPS) is 19.4. The molecular formula is C57H41N4O2-. The van der Waals surface area contributed by atoms with Crippen LogP contribution in [0, 0.1) is 0 Å². The standard InChI is InChI=1S/C57H41N4O2/c1-2-14-35(15-3-1)55-58-56(36-28-30-40(31-29-36)61-47-22-8-4-16-43(47)44-17-5-9-23-48(44)61)60-57(59-55)39-33-37(41-20-12-26-51-53(41)45-18-6-10-24-49(45)62-51)32-38(34-39)42-21-13-27-52-54(42)46-19-7-11-25-50(46)63-52/h1-4,6-16,18-34,44,48,55,57,59H,5,17H2/q-1. The predicted octanol–water partition coefficient (Wildman–Crippen LogP) is 14.9. The van der Waals surface area contributed by atoms with Crippen molar-refractivity contribution >= 4 is 61.1 Å². The number of anilines is 2. The quantitative estimate of drug-likeness (QED) is 0.170. The van der Waals surface area contributed by atoms with Gasteiger partial charge in [0.2, 0.25) is 0 Å². The summed E-state index contributed by atoms with van der Waals surface area (Å²) in [7, 11) is 0. The van der Waals surface area contributed by atoms with Gasteiger partial charge in [-0.25, -0.2) is 0 Å². The fourth-order valence-electron chi connectivity index (χ4n) is 10.5. The number of furan rings is 2. The molecule has 10 aromatic rings. The third-order valence-corrected chi connectivity index (χ3v) is 13.3. The minimum Gasteiger partial charge on any atom is -0.456 e. The third-order valence-electron chi connectivity index (χ3n) is 13.3. The zero-order valence-corrected chi connectivity index (χ0v) is 34.4. The van der Waals surface area contributed by atoms with Crippen molar-refractivity contribution in [2.24, 2.45) is 4.99 Å². The summed E-state index contributed by atoms with van der Waals surface area (Å²) in [5, 5.41) is 13.7. The first kappa shape index (κ1) is 36.0. The summed E-state index contributed by atoms with van der Waals surface area (Å²) < 4.78 is 12.8. The van der Waals surface area contributed by atoms with Gasteiger partial charge in [0, 0.05) is 51.2 Å². The lowest BCUT2D eigenvalue weighted by Crippen LogP contribution is -2.32. The molecule has 0 saturated heterocycles. The molecule has 302 valence electrons. The Morgan fingerprint density at radius 1 is 0.556 bits per heavy atom. The van der Waals surface area contributed by atoms with Gasteiger partial charge in [0.1, 0.15) is 22.3 Å². The van der Waals surface area contributed by atoms with Gasteiger partial charge >= 0.3 is 0 Å². The van der Waals surface area contributed by atoms with Crippen molar-refractivity contribution in [2.45, 2.75) is 37.1 Å². The number of allylic oxidation sites excluding steroid dienone is 1. The second-order valence-corrected chi connectivity index (χ2v) is 16.9. The molecule has 6 nitrogen and oxygen atoms in total. The highest BCUT2D eigenvalue weighted by atomic mass is 16.3. The summed E-state index contributed by atoms with van der Waals surface area (Å²) in [5.41, 5.74) is 14.8. The zero-order chi connectivity index (χ0) is 41.4. The molecule has 0 amide bonds. The Balaban J connectivity index is 0.957. The molecule has 1 aliphatic carbocycles. The van der Waals surface area contributed by atoms with Gasteiger partial charge in [0.25, 0.3) is 0 Å². The minimum atomic E-state index is -0.416. The number of rotatable bonds is 6. The summed E-state index contributed by atoms with van der Waals surface area (Å²) in [6, 6.07) is 64.8. The Morgan fingerprint density at radius 2 is 1.17 bits per heavy atom. The summed E-state index contributed by atoms with van der Waals surface area (Å²) >= 11 is 0. The maximum absolute atomic E-state index is 6.42. The molecule has 13 rings (SSSR count). The lowest BCUT2D eigenvalue weighted by atomic mass is 9.86. The van der Waals surface area contributed by atoms with Crippen LogP contribution >= 0.6 is 0 Å². The number of nitrogens with one attached hydrogen (secondary N) is 1. The minimum absolute atomic E-state index is 0.313. The molecule has 0 saturated carbocycles. The summed E-state index contributed by atoms with van der Waals surface area (Å²) in [6.45, 7) is 0. The first-order chi connectivity index (χ1) is 31.2. The lowest BCUT2D eigenvalue weighted by Gasteiger charge is -2.41. The molecule has 2 aliphatic heterocycles. The van der Waals surface area contributed by atoms with Crippen LogP contribution in [0.5, 0.6) is 0 Å². The first-order valence-electron chi connectivity index (χ1n) is 21.9. The Kier molecular flexibility index (Phi) is 8.28. The molecule has 8 aromatic carbocycles. The highest BCUT2D eigenvalue weighted by Gasteiger charge is 2.38.